The Morgan fingerprint density at radius 3 is 2.48 bits per heavy atom. The zero-order valence-electron chi connectivity index (χ0n) is 16.7. The van der Waals surface area contributed by atoms with Gasteiger partial charge in [-0.25, -0.2) is 5.43 Å². The van der Waals surface area contributed by atoms with Crippen LogP contribution in [0.5, 0.6) is 0 Å². The first-order chi connectivity index (χ1) is 14.1. The van der Waals surface area contributed by atoms with Crippen LogP contribution in [0.25, 0.3) is 11.0 Å². The summed E-state index contributed by atoms with van der Waals surface area (Å²) in [5.74, 6) is -0.0442. The third-order valence-corrected chi connectivity index (χ3v) is 5.31. The molecule has 1 aliphatic rings. The van der Waals surface area contributed by atoms with Crippen molar-refractivity contribution in [1.82, 2.24) is 10.3 Å². The summed E-state index contributed by atoms with van der Waals surface area (Å²) in [5.41, 5.74) is 6.17. The third kappa shape index (κ3) is 4.09. The fraction of sp³-hybridized carbons (Fsp3) is 0.304. The molecule has 2 aromatic carbocycles. The Morgan fingerprint density at radius 2 is 1.76 bits per heavy atom. The van der Waals surface area contributed by atoms with Crippen LogP contribution >= 0.6 is 0 Å². The molecule has 0 spiro atoms. The Labute approximate surface area is 170 Å². The lowest BCUT2D eigenvalue weighted by Crippen LogP contribution is -2.42. The lowest BCUT2D eigenvalue weighted by molar-refractivity contribution is 0.0285. The van der Waals surface area contributed by atoms with Gasteiger partial charge in [0.25, 0.3) is 0 Å². The molecule has 29 heavy (non-hydrogen) atoms. The van der Waals surface area contributed by atoms with Gasteiger partial charge in [-0.2, -0.15) is 5.10 Å². The number of furan rings is 1. The first-order valence-electron chi connectivity index (χ1n) is 9.84. The Kier molecular flexibility index (Phi) is 5.74. The van der Waals surface area contributed by atoms with Gasteiger partial charge in [0.2, 0.25) is 0 Å². The molecule has 150 valence electrons. The van der Waals surface area contributed by atoms with Gasteiger partial charge in [0.05, 0.1) is 25.0 Å². The molecule has 1 aliphatic heterocycles. The number of nitrogens with zero attached hydrogens (tertiary/aromatic N) is 2. The number of para-hydroxylation sites is 1. The predicted molar refractivity (Wildman–Crippen MR) is 113 cm³/mol. The van der Waals surface area contributed by atoms with Crippen LogP contribution in [0, 0.1) is 6.92 Å². The van der Waals surface area contributed by atoms with Crippen molar-refractivity contribution in [2.75, 3.05) is 26.3 Å². The van der Waals surface area contributed by atoms with Crippen molar-refractivity contribution >= 4 is 22.6 Å². The highest BCUT2D eigenvalue weighted by atomic mass is 16.5. The maximum atomic E-state index is 12.7. The number of fused-ring (bicyclic) bond motifs is 1. The average molecular weight is 391 g/mol. The highest BCUT2D eigenvalue weighted by molar-refractivity contribution is 5.99. The van der Waals surface area contributed by atoms with Gasteiger partial charge < -0.3 is 9.15 Å². The number of nitrogens with one attached hydrogen (secondary N) is 1. The van der Waals surface area contributed by atoms with Crippen LogP contribution in [0.2, 0.25) is 0 Å². The molecule has 0 aliphatic carbocycles. The summed E-state index contributed by atoms with van der Waals surface area (Å²) < 4.78 is 11.2. The molecule has 0 saturated carbocycles. The van der Waals surface area contributed by atoms with Gasteiger partial charge in [0.15, 0.2) is 5.76 Å². The topological polar surface area (TPSA) is 67.1 Å². The highest BCUT2D eigenvalue weighted by Crippen LogP contribution is 2.25. The van der Waals surface area contributed by atoms with E-state index in [2.05, 4.69) is 27.6 Å². The van der Waals surface area contributed by atoms with Gasteiger partial charge in [-0.1, -0.05) is 48.5 Å². The molecule has 1 aromatic heterocycles. The predicted octanol–water partition coefficient (Wildman–Crippen LogP) is 3.92. The van der Waals surface area contributed by atoms with E-state index in [1.807, 2.05) is 56.3 Å². The van der Waals surface area contributed by atoms with E-state index in [0.717, 1.165) is 35.3 Å². The molecule has 3 aromatic rings. The van der Waals surface area contributed by atoms with E-state index in [-0.39, 0.29) is 11.9 Å². The van der Waals surface area contributed by atoms with Gasteiger partial charge in [-0.15, -0.1) is 0 Å². The molecule has 0 unspecified atom stereocenters. The van der Waals surface area contributed by atoms with Gasteiger partial charge in [0, 0.05) is 24.0 Å². The molecule has 0 bridgehead atoms. The van der Waals surface area contributed by atoms with Gasteiger partial charge in [-0.05, 0) is 25.5 Å². The Hall–Kier alpha value is -2.96. The van der Waals surface area contributed by atoms with Crippen molar-refractivity contribution in [3.8, 4) is 0 Å². The number of benzene rings is 2. The molecule has 1 amide bonds. The van der Waals surface area contributed by atoms with Gasteiger partial charge in [0.1, 0.15) is 5.58 Å². The summed E-state index contributed by atoms with van der Waals surface area (Å²) in [4.78, 5) is 15.1. The van der Waals surface area contributed by atoms with Crippen molar-refractivity contribution in [1.29, 1.82) is 0 Å². The van der Waals surface area contributed by atoms with Crippen LogP contribution in [0.15, 0.2) is 64.1 Å². The summed E-state index contributed by atoms with van der Waals surface area (Å²) >= 11 is 0. The number of hydrogen-bond donors (Lipinski definition) is 1. The Balaban J connectivity index is 1.57. The number of hydrazone groups is 1. The summed E-state index contributed by atoms with van der Waals surface area (Å²) in [6.07, 6.45) is 0. The number of morpholine rings is 1. The second-order valence-corrected chi connectivity index (χ2v) is 7.21. The van der Waals surface area contributed by atoms with Crippen molar-refractivity contribution in [3.63, 3.8) is 0 Å². The van der Waals surface area contributed by atoms with E-state index in [0.29, 0.717) is 24.6 Å². The van der Waals surface area contributed by atoms with Crippen LogP contribution in [-0.2, 0) is 4.74 Å². The van der Waals surface area contributed by atoms with E-state index in [1.54, 1.807) is 0 Å². The number of rotatable bonds is 5. The molecule has 1 saturated heterocycles. The van der Waals surface area contributed by atoms with Crippen LogP contribution in [0.3, 0.4) is 0 Å². The summed E-state index contributed by atoms with van der Waals surface area (Å²) in [6.45, 7) is 6.87. The maximum absolute atomic E-state index is 12.7. The zero-order valence-corrected chi connectivity index (χ0v) is 16.7. The van der Waals surface area contributed by atoms with Gasteiger partial charge >= 0.3 is 5.91 Å². The second kappa shape index (κ2) is 8.59. The second-order valence-electron chi connectivity index (χ2n) is 7.21. The highest BCUT2D eigenvalue weighted by Gasteiger charge is 2.25. The summed E-state index contributed by atoms with van der Waals surface area (Å²) in [6, 6.07) is 17.8. The Bertz CT molecular complexity index is 1020. The standard InChI is InChI=1S/C23H25N3O3/c1-16-19-10-6-7-11-20(19)29-22(16)23(27)25-24-17(2)21(18-8-4-3-5-9-18)26-12-14-28-15-13-26/h3-11,21H,12-15H2,1-2H3,(H,25,27)/b24-17-/t21-/m1/s1. The molecule has 2 heterocycles. The molecule has 6 heteroatoms. The van der Waals surface area contributed by atoms with E-state index in [1.165, 1.54) is 0 Å². The number of carbonyl (C=O) groups is 1. The van der Waals surface area contributed by atoms with Crippen molar-refractivity contribution < 1.29 is 13.9 Å². The molecule has 1 fully saturated rings. The minimum absolute atomic E-state index is 0.0165. The largest absolute Gasteiger partial charge is 0.451 e. The van der Waals surface area contributed by atoms with Crippen LogP contribution in [0.4, 0.5) is 0 Å². The van der Waals surface area contributed by atoms with Crippen molar-refractivity contribution in [3.05, 3.63) is 71.5 Å². The van der Waals surface area contributed by atoms with E-state index >= 15 is 0 Å². The fourth-order valence-corrected chi connectivity index (χ4v) is 3.83. The number of hydrogen-bond acceptors (Lipinski definition) is 5. The minimum atomic E-state index is -0.341. The van der Waals surface area contributed by atoms with Crippen LogP contribution in [0.1, 0.15) is 34.6 Å². The average Bonchev–Trinajstić information content (AvgIpc) is 3.11. The number of ether oxygens (including phenoxy) is 1. The fourth-order valence-electron chi connectivity index (χ4n) is 3.83. The summed E-state index contributed by atoms with van der Waals surface area (Å²) in [7, 11) is 0. The lowest BCUT2D eigenvalue weighted by atomic mass is 10.0. The third-order valence-electron chi connectivity index (χ3n) is 5.31. The lowest BCUT2D eigenvalue weighted by Gasteiger charge is -2.34. The van der Waals surface area contributed by atoms with Crippen LogP contribution in [-0.4, -0.2) is 42.8 Å². The van der Waals surface area contributed by atoms with Crippen molar-refractivity contribution in [2.24, 2.45) is 5.10 Å². The van der Waals surface area contributed by atoms with Crippen molar-refractivity contribution in [2.45, 2.75) is 19.9 Å². The quantitative estimate of drug-likeness (QED) is 0.529. The SMILES string of the molecule is C/C(=N/NC(=O)c1oc2ccccc2c1C)[C@H](c1ccccc1)N1CCOCC1. The molecule has 4 rings (SSSR count). The van der Waals surface area contributed by atoms with Gasteiger partial charge in [-0.3, -0.25) is 9.69 Å². The molecule has 1 atom stereocenters. The number of amides is 1. The maximum Gasteiger partial charge on any atom is 0.307 e. The van der Waals surface area contributed by atoms with Crippen LogP contribution < -0.4 is 5.43 Å². The first kappa shape index (κ1) is 19.4. The van der Waals surface area contributed by atoms with E-state index in [4.69, 9.17) is 9.15 Å². The minimum Gasteiger partial charge on any atom is -0.451 e. The van der Waals surface area contributed by atoms with E-state index < -0.39 is 0 Å². The molecule has 1 N–H and O–H groups in total. The first-order valence-corrected chi connectivity index (χ1v) is 9.84. The molecular weight excluding hydrogens is 366 g/mol. The normalized spacial score (nSPS) is 16.7. The number of aryl methyl sites for hydroxylation is 1. The molecular formula is C23H25N3O3. The zero-order chi connectivity index (χ0) is 20.2. The number of carbonyl (C=O) groups excluding carboxylic acids is 1. The molecule has 0 radical (unpaired) electrons. The summed E-state index contributed by atoms with van der Waals surface area (Å²) in [5, 5.41) is 5.38. The van der Waals surface area contributed by atoms with E-state index in [9.17, 15) is 4.79 Å². The molecule has 6 nitrogen and oxygen atoms in total. The Morgan fingerprint density at radius 1 is 1.07 bits per heavy atom. The smallest absolute Gasteiger partial charge is 0.307 e. The monoisotopic (exact) mass is 391 g/mol.